The van der Waals surface area contributed by atoms with Gasteiger partial charge >= 0.3 is 0 Å². The van der Waals surface area contributed by atoms with Crippen molar-refractivity contribution in [3.05, 3.63) is 54.9 Å². The highest BCUT2D eigenvalue weighted by Crippen LogP contribution is 2.23. The monoisotopic (exact) mass is 253 g/mol. The lowest BCUT2D eigenvalue weighted by atomic mass is 10.0. The van der Waals surface area contributed by atoms with Crippen molar-refractivity contribution in [2.75, 3.05) is 26.5 Å². The molecule has 98 valence electrons. The highest BCUT2D eigenvalue weighted by atomic mass is 15.0. The molecule has 1 aromatic carbocycles. The highest BCUT2D eigenvalue weighted by molar-refractivity contribution is 5.88. The molecule has 1 N–H and O–H groups in total. The molecule has 1 heterocycles. The van der Waals surface area contributed by atoms with Gasteiger partial charge in [-0.1, -0.05) is 24.8 Å². The molecule has 0 atom stereocenters. The Morgan fingerprint density at radius 2 is 2.05 bits per heavy atom. The van der Waals surface area contributed by atoms with E-state index in [1.54, 1.807) is 0 Å². The van der Waals surface area contributed by atoms with Gasteiger partial charge in [0.25, 0.3) is 0 Å². The standard InChI is InChI=1S/C16H19N3/c1-5-12(11-19(3)4)13-6-7-14-10-18-16(17-2)9-15(14)8-13/h5-11H,1H2,2-4H3,(H,17,18)/b12-11+. The number of benzene rings is 1. The summed E-state index contributed by atoms with van der Waals surface area (Å²) in [7, 11) is 5.89. The van der Waals surface area contributed by atoms with Crippen LogP contribution in [-0.4, -0.2) is 31.0 Å². The summed E-state index contributed by atoms with van der Waals surface area (Å²) in [5.41, 5.74) is 2.26. The van der Waals surface area contributed by atoms with Crippen molar-refractivity contribution in [2.24, 2.45) is 0 Å². The third-order valence-corrected chi connectivity index (χ3v) is 2.93. The van der Waals surface area contributed by atoms with Gasteiger partial charge in [0, 0.05) is 38.9 Å². The van der Waals surface area contributed by atoms with Gasteiger partial charge in [-0.15, -0.1) is 0 Å². The summed E-state index contributed by atoms with van der Waals surface area (Å²) in [4.78, 5) is 6.33. The Morgan fingerprint density at radius 3 is 2.68 bits per heavy atom. The van der Waals surface area contributed by atoms with E-state index in [-0.39, 0.29) is 0 Å². The van der Waals surface area contributed by atoms with E-state index in [1.165, 1.54) is 5.39 Å². The lowest BCUT2D eigenvalue weighted by Gasteiger charge is -2.10. The second-order valence-corrected chi connectivity index (χ2v) is 4.63. The minimum Gasteiger partial charge on any atom is -0.383 e. The van der Waals surface area contributed by atoms with E-state index in [9.17, 15) is 0 Å². The molecule has 0 saturated heterocycles. The molecule has 0 aliphatic heterocycles. The van der Waals surface area contributed by atoms with E-state index in [0.29, 0.717) is 0 Å². The van der Waals surface area contributed by atoms with Crippen molar-refractivity contribution in [3.63, 3.8) is 0 Å². The third-order valence-electron chi connectivity index (χ3n) is 2.93. The maximum Gasteiger partial charge on any atom is 0.126 e. The van der Waals surface area contributed by atoms with E-state index in [4.69, 9.17) is 0 Å². The number of fused-ring (bicyclic) bond motifs is 1. The number of anilines is 1. The number of nitrogens with one attached hydrogen (secondary N) is 1. The Bertz CT molecular complexity index is 627. The second kappa shape index (κ2) is 5.57. The topological polar surface area (TPSA) is 28.2 Å². The summed E-state index contributed by atoms with van der Waals surface area (Å²) in [6.07, 6.45) is 5.82. The molecule has 0 unspecified atom stereocenters. The Kier molecular flexibility index (Phi) is 3.85. The summed E-state index contributed by atoms with van der Waals surface area (Å²) in [5, 5.41) is 5.36. The first kappa shape index (κ1) is 13.1. The van der Waals surface area contributed by atoms with Gasteiger partial charge in [0.05, 0.1) is 0 Å². The van der Waals surface area contributed by atoms with Gasteiger partial charge in [-0.25, -0.2) is 4.98 Å². The van der Waals surface area contributed by atoms with Gasteiger partial charge in [-0.05, 0) is 28.7 Å². The maximum absolute atomic E-state index is 4.31. The molecule has 2 aromatic rings. The molecule has 0 amide bonds. The number of hydrogen-bond donors (Lipinski definition) is 1. The van der Waals surface area contributed by atoms with Gasteiger partial charge in [0.1, 0.15) is 5.82 Å². The average molecular weight is 253 g/mol. The van der Waals surface area contributed by atoms with Gasteiger partial charge < -0.3 is 10.2 Å². The van der Waals surface area contributed by atoms with Crippen LogP contribution < -0.4 is 5.32 Å². The van der Waals surface area contributed by atoms with Gasteiger partial charge in [-0.3, -0.25) is 0 Å². The Hall–Kier alpha value is -2.29. The normalized spacial score (nSPS) is 11.4. The van der Waals surface area contributed by atoms with Crippen LogP contribution in [0.3, 0.4) is 0 Å². The van der Waals surface area contributed by atoms with Crippen molar-refractivity contribution in [3.8, 4) is 0 Å². The van der Waals surface area contributed by atoms with E-state index in [1.807, 2.05) is 38.3 Å². The molecule has 0 aliphatic rings. The van der Waals surface area contributed by atoms with Gasteiger partial charge in [-0.2, -0.15) is 0 Å². The van der Waals surface area contributed by atoms with Crippen molar-refractivity contribution >= 4 is 22.2 Å². The molecule has 0 fully saturated rings. The van der Waals surface area contributed by atoms with Crippen molar-refractivity contribution in [2.45, 2.75) is 0 Å². The molecular formula is C16H19N3. The molecular weight excluding hydrogens is 234 g/mol. The van der Waals surface area contributed by atoms with Crippen LogP contribution in [0.15, 0.2) is 49.3 Å². The molecule has 3 nitrogen and oxygen atoms in total. The molecule has 0 radical (unpaired) electrons. The number of rotatable bonds is 4. The third kappa shape index (κ3) is 2.94. The first-order valence-corrected chi connectivity index (χ1v) is 6.22. The summed E-state index contributed by atoms with van der Waals surface area (Å²) in [6, 6.07) is 8.40. The van der Waals surface area contributed by atoms with Crippen LogP contribution in [0.1, 0.15) is 5.56 Å². The molecule has 0 spiro atoms. The quantitative estimate of drug-likeness (QED) is 0.847. The summed E-state index contributed by atoms with van der Waals surface area (Å²) in [6.45, 7) is 3.88. The van der Waals surface area contributed by atoms with Gasteiger partial charge in [0.15, 0.2) is 0 Å². The number of aromatic nitrogens is 1. The van der Waals surface area contributed by atoms with E-state index in [2.05, 4.69) is 47.3 Å². The summed E-state index contributed by atoms with van der Waals surface area (Å²) in [5.74, 6) is 0.876. The number of allylic oxidation sites excluding steroid dienone is 2. The molecule has 1 aromatic heterocycles. The van der Waals surface area contributed by atoms with Crippen LogP contribution in [0, 0.1) is 0 Å². The molecule has 19 heavy (non-hydrogen) atoms. The van der Waals surface area contributed by atoms with Crippen molar-refractivity contribution in [1.82, 2.24) is 9.88 Å². The maximum atomic E-state index is 4.31. The fourth-order valence-corrected chi connectivity index (χ4v) is 1.98. The fraction of sp³-hybridized carbons (Fsp3) is 0.188. The van der Waals surface area contributed by atoms with E-state index >= 15 is 0 Å². The minimum atomic E-state index is 0.876. The van der Waals surface area contributed by atoms with Crippen LogP contribution in [0.2, 0.25) is 0 Å². The first-order valence-electron chi connectivity index (χ1n) is 6.22. The zero-order chi connectivity index (χ0) is 13.8. The Morgan fingerprint density at radius 1 is 1.26 bits per heavy atom. The lowest BCUT2D eigenvalue weighted by molar-refractivity contribution is 0.566. The van der Waals surface area contributed by atoms with E-state index < -0.39 is 0 Å². The van der Waals surface area contributed by atoms with Crippen LogP contribution in [0.4, 0.5) is 5.82 Å². The highest BCUT2D eigenvalue weighted by Gasteiger charge is 2.02. The fourth-order valence-electron chi connectivity index (χ4n) is 1.98. The summed E-state index contributed by atoms with van der Waals surface area (Å²) < 4.78 is 0. The van der Waals surface area contributed by atoms with Crippen molar-refractivity contribution in [1.29, 1.82) is 0 Å². The molecule has 0 saturated carbocycles. The summed E-state index contributed by atoms with van der Waals surface area (Å²) >= 11 is 0. The zero-order valence-electron chi connectivity index (χ0n) is 11.6. The van der Waals surface area contributed by atoms with Crippen molar-refractivity contribution < 1.29 is 0 Å². The number of hydrogen-bond acceptors (Lipinski definition) is 3. The number of nitrogens with zero attached hydrogens (tertiary/aromatic N) is 2. The zero-order valence-corrected chi connectivity index (χ0v) is 11.6. The Labute approximate surface area is 114 Å². The predicted molar refractivity (Wildman–Crippen MR) is 83.2 cm³/mol. The SMILES string of the molecule is C=C/C(=C\N(C)C)c1ccc2cnc(NC)cc2c1. The van der Waals surface area contributed by atoms with Crippen LogP contribution in [-0.2, 0) is 0 Å². The Balaban J connectivity index is 2.53. The smallest absolute Gasteiger partial charge is 0.126 e. The largest absolute Gasteiger partial charge is 0.383 e. The molecule has 0 bridgehead atoms. The van der Waals surface area contributed by atoms with Gasteiger partial charge in [0.2, 0.25) is 0 Å². The lowest BCUT2D eigenvalue weighted by Crippen LogP contribution is -2.02. The van der Waals surface area contributed by atoms with Crippen LogP contribution in [0.5, 0.6) is 0 Å². The van der Waals surface area contributed by atoms with Crippen LogP contribution >= 0.6 is 0 Å². The minimum absolute atomic E-state index is 0.876. The first-order chi connectivity index (χ1) is 9.13. The molecule has 2 rings (SSSR count). The predicted octanol–water partition coefficient (Wildman–Crippen LogP) is 3.37. The van der Waals surface area contributed by atoms with E-state index in [0.717, 1.165) is 22.3 Å². The number of pyridine rings is 1. The average Bonchev–Trinajstić information content (AvgIpc) is 2.43. The van der Waals surface area contributed by atoms with Crippen LogP contribution in [0.25, 0.3) is 16.3 Å². The molecule has 3 heteroatoms. The second-order valence-electron chi connectivity index (χ2n) is 4.63. The molecule has 0 aliphatic carbocycles.